The van der Waals surface area contributed by atoms with E-state index in [4.69, 9.17) is 33.2 Å². The first kappa shape index (κ1) is 53.3. The maximum atomic E-state index is 14.1. The Morgan fingerprint density at radius 3 is 2.28 bits per heavy atom. The Morgan fingerprint density at radius 1 is 0.868 bits per heavy atom. The van der Waals surface area contributed by atoms with E-state index in [1.807, 2.05) is 57.3 Å². The van der Waals surface area contributed by atoms with Gasteiger partial charge in [0.1, 0.15) is 41.7 Å². The molecule has 378 valence electrons. The highest BCUT2D eigenvalue weighted by Gasteiger charge is 2.48. The number of aromatic nitrogens is 6. The molecule has 0 amide bonds. The number of rotatable bonds is 14. The van der Waals surface area contributed by atoms with Gasteiger partial charge in [-0.15, -0.1) is 10.2 Å². The van der Waals surface area contributed by atoms with Gasteiger partial charge in [0, 0.05) is 38.5 Å². The summed E-state index contributed by atoms with van der Waals surface area (Å²) in [5.41, 5.74) is 2.99. The van der Waals surface area contributed by atoms with Gasteiger partial charge in [-0.05, 0) is 78.3 Å². The zero-order valence-corrected chi connectivity index (χ0v) is 41.0. The highest BCUT2D eigenvalue weighted by atomic mass is 16.7. The summed E-state index contributed by atoms with van der Waals surface area (Å²) in [7, 11) is 6.45. The Hall–Kier alpha value is -4.06. The van der Waals surface area contributed by atoms with Crippen LogP contribution >= 0.6 is 0 Å². The van der Waals surface area contributed by atoms with Gasteiger partial charge < -0.3 is 58.5 Å². The van der Waals surface area contributed by atoms with E-state index in [2.05, 4.69) is 20.6 Å². The number of cyclic esters (lactones) is 1. The second-order valence-corrected chi connectivity index (χ2v) is 19.0. The summed E-state index contributed by atoms with van der Waals surface area (Å²) in [6.45, 7) is 11.4. The van der Waals surface area contributed by atoms with E-state index in [-0.39, 0.29) is 18.8 Å². The number of aliphatic hydroxyl groups is 4. The van der Waals surface area contributed by atoms with Crippen LogP contribution in [0.1, 0.15) is 72.9 Å². The predicted octanol–water partition coefficient (Wildman–Crippen LogP) is 2.45. The zero-order valence-electron chi connectivity index (χ0n) is 41.0. The molecule has 6 rings (SSSR count). The molecule has 0 aliphatic carbocycles. The van der Waals surface area contributed by atoms with Crippen molar-refractivity contribution in [1.29, 1.82) is 0 Å². The number of para-hydroxylation sites is 1. The van der Waals surface area contributed by atoms with Crippen molar-refractivity contribution < 1.29 is 63.2 Å². The fourth-order valence-electron chi connectivity index (χ4n) is 9.69. The third-order valence-corrected chi connectivity index (χ3v) is 13.8. The molecular formula is C48H73N7O13. The number of aryl methyl sites for hydroxylation is 1. The lowest BCUT2D eigenvalue weighted by atomic mass is 9.79. The van der Waals surface area contributed by atoms with Crippen molar-refractivity contribution in [2.45, 2.75) is 160 Å². The number of methoxy groups -OCH3 is 2. The largest absolute Gasteiger partial charge is 0.462 e. The number of ether oxygens (including phenoxy) is 7. The number of carbonyl (C=O) groups is 2. The number of hydrogen-bond acceptors (Lipinski definition) is 18. The maximum absolute atomic E-state index is 14.1. The van der Waals surface area contributed by atoms with Crippen LogP contribution < -0.4 is 0 Å². The minimum Gasteiger partial charge on any atom is -0.462 e. The van der Waals surface area contributed by atoms with Gasteiger partial charge >= 0.3 is 5.97 Å². The van der Waals surface area contributed by atoms with Crippen LogP contribution in [0.2, 0.25) is 0 Å². The summed E-state index contributed by atoms with van der Waals surface area (Å²) in [6.07, 6.45) is -3.58. The van der Waals surface area contributed by atoms with Crippen molar-refractivity contribution in [3.63, 3.8) is 0 Å². The van der Waals surface area contributed by atoms with E-state index < -0.39 is 116 Å². The first-order valence-electron chi connectivity index (χ1n) is 23.7. The first-order chi connectivity index (χ1) is 32.4. The normalized spacial score (nSPS) is 37.2. The smallest absolute Gasteiger partial charge is 0.308 e. The van der Waals surface area contributed by atoms with Crippen LogP contribution in [-0.4, -0.2) is 182 Å². The van der Waals surface area contributed by atoms with Crippen LogP contribution in [0.15, 0.2) is 54.3 Å². The molecule has 4 unspecified atom stereocenters. The molecule has 4 N–H and O–H groups in total. The van der Waals surface area contributed by atoms with Crippen LogP contribution in [0.25, 0.3) is 11.0 Å². The van der Waals surface area contributed by atoms with Crippen LogP contribution in [0.5, 0.6) is 0 Å². The Bertz CT molecular complexity index is 2150. The van der Waals surface area contributed by atoms with Gasteiger partial charge in [0.2, 0.25) is 0 Å². The molecular weight excluding hydrogens is 883 g/mol. The van der Waals surface area contributed by atoms with E-state index >= 15 is 0 Å². The maximum Gasteiger partial charge on any atom is 0.308 e. The van der Waals surface area contributed by atoms with Crippen molar-refractivity contribution in [2.75, 3.05) is 34.9 Å². The fourth-order valence-corrected chi connectivity index (χ4v) is 9.69. The van der Waals surface area contributed by atoms with Gasteiger partial charge in [-0.1, -0.05) is 61.1 Å². The molecule has 68 heavy (non-hydrogen) atoms. The van der Waals surface area contributed by atoms with Crippen molar-refractivity contribution in [1.82, 2.24) is 34.9 Å². The molecule has 0 bridgehead atoms. The van der Waals surface area contributed by atoms with Gasteiger partial charge in [0.25, 0.3) is 0 Å². The summed E-state index contributed by atoms with van der Waals surface area (Å²) in [4.78, 5) is 29.7. The highest BCUT2D eigenvalue weighted by Crippen LogP contribution is 2.35. The summed E-state index contributed by atoms with van der Waals surface area (Å²) >= 11 is 0. The molecule has 17 atom stereocenters. The molecule has 2 saturated heterocycles. The second-order valence-electron chi connectivity index (χ2n) is 19.0. The van der Waals surface area contributed by atoms with Gasteiger partial charge in [-0.2, -0.15) is 0 Å². The summed E-state index contributed by atoms with van der Waals surface area (Å²) in [6, 6.07) is 6.89. The molecule has 0 spiro atoms. The van der Waals surface area contributed by atoms with E-state index in [0.29, 0.717) is 31.6 Å². The lowest BCUT2D eigenvalue weighted by Crippen LogP contribution is -2.63. The van der Waals surface area contributed by atoms with Crippen LogP contribution in [-0.2, 0) is 55.8 Å². The Balaban J connectivity index is 1.29. The summed E-state index contributed by atoms with van der Waals surface area (Å²) < 4.78 is 46.1. The van der Waals surface area contributed by atoms with Gasteiger partial charge in [-0.3, -0.25) is 14.3 Å². The quantitative estimate of drug-likeness (QED) is 0.170. The summed E-state index contributed by atoms with van der Waals surface area (Å²) in [5.74, 6) is -3.12. The zero-order chi connectivity index (χ0) is 49.4. The fraction of sp³-hybridized carbons (Fsp3) is 0.708. The number of hydrogen-bond donors (Lipinski definition) is 4. The Kier molecular flexibility index (Phi) is 18.9. The molecule has 0 radical (unpaired) electrons. The Labute approximate surface area is 398 Å². The minimum absolute atomic E-state index is 0.0110. The molecule has 20 nitrogen and oxygen atoms in total. The topological polar surface area (TPSA) is 244 Å². The third-order valence-electron chi connectivity index (χ3n) is 13.8. The number of nitrogens with zero attached hydrogens (tertiary/aromatic N) is 7. The van der Waals surface area contributed by atoms with E-state index in [1.165, 1.54) is 20.3 Å². The third kappa shape index (κ3) is 12.8. The summed E-state index contributed by atoms with van der Waals surface area (Å²) in [5, 5.41) is 62.8. The second kappa shape index (κ2) is 24.2. The molecule has 1 aromatic carbocycles. The number of benzene rings is 1. The lowest BCUT2D eigenvalue weighted by molar-refractivity contribution is -0.304. The molecule has 2 aromatic heterocycles. The van der Waals surface area contributed by atoms with Crippen LogP contribution in [0.3, 0.4) is 0 Å². The number of carbonyl (C=O) groups excluding carboxylic acids is 2. The molecule has 3 aromatic rings. The molecule has 20 heteroatoms. The molecule has 3 aliphatic heterocycles. The number of allylic oxidation sites excluding steroid dienone is 3. The monoisotopic (exact) mass is 956 g/mol. The van der Waals surface area contributed by atoms with E-state index in [0.717, 1.165) is 16.6 Å². The highest BCUT2D eigenvalue weighted by molar-refractivity contribution is 5.91. The average molecular weight is 956 g/mol. The Morgan fingerprint density at radius 2 is 1.57 bits per heavy atom. The number of aliphatic hydroxyl groups excluding tert-OH is 4. The first-order valence-corrected chi connectivity index (χ1v) is 23.7. The minimum atomic E-state index is -1.31. The molecule has 2 fully saturated rings. The van der Waals surface area contributed by atoms with Gasteiger partial charge in [0.05, 0.1) is 67.8 Å². The van der Waals surface area contributed by atoms with Crippen molar-refractivity contribution >= 4 is 22.8 Å². The van der Waals surface area contributed by atoms with Gasteiger partial charge in [-0.25, -0.2) is 4.68 Å². The van der Waals surface area contributed by atoms with Crippen molar-refractivity contribution in [2.24, 2.45) is 23.7 Å². The number of fused-ring (bicyclic) bond motifs is 1. The van der Waals surface area contributed by atoms with E-state index in [1.54, 1.807) is 55.2 Å². The SMILES string of the molecule is CC[C@H]1OC(=O)C[C@@H](O)[C@H](C)[C@@H](O[C@@H]2O[C@H](C)[C@@H](O)C(N(C)C)C2O)[C@@H](CCn2cc(Cn3nnc4ccccc43)nn2)C[C@@H](C)C(=O)/C=C/C(C)=C/[C@@H]1CO[C@@H]1OC(C)[C@@H](O)[C@H](OC)C1OC. The standard InChI is InChI=1S/C48H73N7O13/c1-11-38-32(25-64-48-46(63-10)45(62-9)42(60)30(6)66-48)20-26(2)16-17-36(56)27(3)21-31(18-19-54-23-33(49-51-54)24-55-35-15-13-12-14-34(35)50-52-55)44(28(4)37(57)22-39(58)67-38)68-47-43(61)40(53(7)8)41(59)29(5)65-47/h12-17,20,23,27-32,37-38,40-48,57,59-61H,11,18-19,21-22,24-25H2,1-10H3/b17-16+,26-20+/t27-,28+,29-,30?,31+,32-,37-,38-,40?,41-,42-,43?,44-,45+,46?,47+,48-/m1/s1. The van der Waals surface area contributed by atoms with E-state index in [9.17, 15) is 30.0 Å². The molecule has 0 saturated carbocycles. The van der Waals surface area contributed by atoms with Gasteiger partial charge in [0.15, 0.2) is 18.4 Å². The van der Waals surface area contributed by atoms with Crippen LogP contribution in [0, 0.1) is 23.7 Å². The van der Waals surface area contributed by atoms with Crippen molar-refractivity contribution in [3.8, 4) is 0 Å². The number of ketones is 1. The lowest BCUT2D eigenvalue weighted by Gasteiger charge is -2.46. The molecule has 5 heterocycles. The number of likely N-dealkylation sites (N-methyl/N-ethyl adjacent to an activating group) is 1. The van der Waals surface area contributed by atoms with Crippen LogP contribution in [0.4, 0.5) is 0 Å². The predicted molar refractivity (Wildman–Crippen MR) is 246 cm³/mol. The van der Waals surface area contributed by atoms with Crippen molar-refractivity contribution in [3.05, 3.63) is 60.0 Å². The number of esters is 1. The average Bonchev–Trinajstić information content (AvgIpc) is 3.95. The molecule has 3 aliphatic rings.